The van der Waals surface area contributed by atoms with Crippen LogP contribution in [0.2, 0.25) is 0 Å². The first-order valence-electron chi connectivity index (χ1n) is 8.28. The van der Waals surface area contributed by atoms with E-state index in [0.717, 1.165) is 28.0 Å². The minimum atomic E-state index is -0.773. The number of carboxylic acids is 1. The van der Waals surface area contributed by atoms with Crippen LogP contribution in [0.15, 0.2) is 78.9 Å². The van der Waals surface area contributed by atoms with Crippen molar-refractivity contribution in [1.29, 1.82) is 0 Å². The van der Waals surface area contributed by atoms with Gasteiger partial charge in [0.2, 0.25) is 0 Å². The number of hydrogen-bond acceptors (Lipinski definition) is 2. The lowest BCUT2D eigenvalue weighted by Crippen LogP contribution is -1.97. The van der Waals surface area contributed by atoms with E-state index in [1.165, 1.54) is 0 Å². The van der Waals surface area contributed by atoms with E-state index in [1.54, 1.807) is 0 Å². The first-order chi connectivity index (χ1) is 12.2. The number of benzene rings is 3. The van der Waals surface area contributed by atoms with Gasteiger partial charge in [0.05, 0.1) is 0 Å². The van der Waals surface area contributed by atoms with Gasteiger partial charge in [-0.2, -0.15) is 0 Å². The summed E-state index contributed by atoms with van der Waals surface area (Å²) in [5, 5.41) is 8.81. The fraction of sp³-hybridized carbons (Fsp3) is 0.136. The summed E-state index contributed by atoms with van der Waals surface area (Å²) in [4.78, 5) is 10.7. The molecule has 0 aliphatic rings. The number of aliphatic carboxylic acids is 1. The highest BCUT2D eigenvalue weighted by Crippen LogP contribution is 2.24. The Balaban J connectivity index is 1.65. The minimum Gasteiger partial charge on any atom is -0.489 e. The van der Waals surface area contributed by atoms with E-state index in [-0.39, 0.29) is 6.42 Å². The Hall–Kier alpha value is -3.07. The summed E-state index contributed by atoms with van der Waals surface area (Å²) in [5.41, 5.74) is 4.34. The van der Waals surface area contributed by atoms with Gasteiger partial charge < -0.3 is 9.84 Å². The van der Waals surface area contributed by atoms with E-state index < -0.39 is 5.97 Å². The molecule has 3 aromatic rings. The second-order valence-corrected chi connectivity index (χ2v) is 5.89. The zero-order valence-corrected chi connectivity index (χ0v) is 13.9. The second-order valence-electron chi connectivity index (χ2n) is 5.89. The number of hydrogen-bond donors (Lipinski definition) is 1. The predicted octanol–water partition coefficient (Wildman–Crippen LogP) is 4.95. The Morgan fingerprint density at radius 2 is 1.52 bits per heavy atom. The van der Waals surface area contributed by atoms with Crippen LogP contribution in [0, 0.1) is 0 Å². The highest BCUT2D eigenvalue weighted by Gasteiger charge is 2.03. The van der Waals surface area contributed by atoms with Crippen LogP contribution in [0.25, 0.3) is 11.1 Å². The average molecular weight is 332 g/mol. The van der Waals surface area contributed by atoms with Gasteiger partial charge in [0.1, 0.15) is 12.4 Å². The summed E-state index contributed by atoms with van der Waals surface area (Å²) in [6, 6.07) is 26.0. The molecule has 0 saturated heterocycles. The van der Waals surface area contributed by atoms with Crippen LogP contribution in [-0.4, -0.2) is 11.1 Å². The molecule has 126 valence electrons. The van der Waals surface area contributed by atoms with Crippen molar-refractivity contribution in [3.05, 3.63) is 90.0 Å². The molecule has 0 fully saturated rings. The number of carboxylic acid groups (broad SMARTS) is 1. The van der Waals surface area contributed by atoms with Crippen LogP contribution in [0.3, 0.4) is 0 Å². The quantitative estimate of drug-likeness (QED) is 0.666. The number of aryl methyl sites for hydroxylation is 1. The third-order valence-electron chi connectivity index (χ3n) is 3.99. The van der Waals surface area contributed by atoms with E-state index in [0.29, 0.717) is 13.0 Å². The number of rotatable bonds is 7. The molecule has 0 aliphatic heterocycles. The SMILES string of the molecule is O=C(O)CCc1cccc(-c2ccc(OCc3ccccc3)cc2)c1. The molecular formula is C22H20O3. The largest absolute Gasteiger partial charge is 0.489 e. The Morgan fingerprint density at radius 3 is 2.24 bits per heavy atom. The molecule has 3 aromatic carbocycles. The number of carbonyl (C=O) groups is 1. The van der Waals surface area contributed by atoms with Gasteiger partial charge in [-0.25, -0.2) is 0 Å². The molecule has 0 unspecified atom stereocenters. The smallest absolute Gasteiger partial charge is 0.303 e. The van der Waals surface area contributed by atoms with E-state index in [4.69, 9.17) is 9.84 Å². The van der Waals surface area contributed by atoms with Crippen molar-refractivity contribution in [2.45, 2.75) is 19.4 Å². The third kappa shape index (κ3) is 4.95. The summed E-state index contributed by atoms with van der Waals surface area (Å²) >= 11 is 0. The summed E-state index contributed by atoms with van der Waals surface area (Å²) < 4.78 is 5.81. The van der Waals surface area contributed by atoms with Crippen molar-refractivity contribution in [3.63, 3.8) is 0 Å². The van der Waals surface area contributed by atoms with Crippen molar-refractivity contribution in [2.24, 2.45) is 0 Å². The van der Waals surface area contributed by atoms with Crippen LogP contribution in [0.4, 0.5) is 0 Å². The van der Waals surface area contributed by atoms with Crippen LogP contribution in [0.5, 0.6) is 5.75 Å². The highest BCUT2D eigenvalue weighted by atomic mass is 16.5. The maximum atomic E-state index is 10.7. The lowest BCUT2D eigenvalue weighted by atomic mass is 10.0. The predicted molar refractivity (Wildman–Crippen MR) is 98.6 cm³/mol. The number of ether oxygens (including phenoxy) is 1. The fourth-order valence-corrected chi connectivity index (χ4v) is 2.64. The lowest BCUT2D eigenvalue weighted by Gasteiger charge is -2.08. The topological polar surface area (TPSA) is 46.5 Å². The van der Waals surface area contributed by atoms with E-state index in [1.807, 2.05) is 78.9 Å². The molecule has 25 heavy (non-hydrogen) atoms. The van der Waals surface area contributed by atoms with Crippen LogP contribution in [-0.2, 0) is 17.8 Å². The average Bonchev–Trinajstić information content (AvgIpc) is 2.66. The standard InChI is InChI=1S/C22H20O3/c23-22(24)14-9-17-7-4-8-20(15-17)19-10-12-21(13-11-19)25-16-18-5-2-1-3-6-18/h1-8,10-13,15H,9,14,16H2,(H,23,24). The highest BCUT2D eigenvalue weighted by molar-refractivity contribution is 5.68. The second kappa shape index (κ2) is 8.15. The van der Waals surface area contributed by atoms with Crippen LogP contribution >= 0.6 is 0 Å². The Kier molecular flexibility index (Phi) is 5.47. The first-order valence-corrected chi connectivity index (χ1v) is 8.28. The molecule has 1 N–H and O–H groups in total. The van der Waals surface area contributed by atoms with Gasteiger partial charge in [0, 0.05) is 6.42 Å². The Bertz CT molecular complexity index is 823. The normalized spacial score (nSPS) is 10.4. The molecule has 0 heterocycles. The molecule has 3 rings (SSSR count). The van der Waals surface area contributed by atoms with Gasteiger partial charge in [0.15, 0.2) is 0 Å². The molecule has 0 amide bonds. The zero-order valence-electron chi connectivity index (χ0n) is 13.9. The summed E-state index contributed by atoms with van der Waals surface area (Å²) in [5.74, 6) is 0.0555. The zero-order chi connectivity index (χ0) is 17.5. The molecule has 0 saturated carbocycles. The maximum absolute atomic E-state index is 10.7. The fourth-order valence-electron chi connectivity index (χ4n) is 2.64. The minimum absolute atomic E-state index is 0.149. The van der Waals surface area contributed by atoms with Gasteiger partial charge in [-0.15, -0.1) is 0 Å². The Morgan fingerprint density at radius 1 is 0.800 bits per heavy atom. The van der Waals surface area contributed by atoms with Gasteiger partial charge in [0.25, 0.3) is 0 Å². The van der Waals surface area contributed by atoms with E-state index in [9.17, 15) is 4.79 Å². The third-order valence-corrected chi connectivity index (χ3v) is 3.99. The van der Waals surface area contributed by atoms with Gasteiger partial charge >= 0.3 is 5.97 Å². The van der Waals surface area contributed by atoms with Gasteiger partial charge in [-0.3, -0.25) is 4.79 Å². The molecule has 3 heteroatoms. The molecule has 0 spiro atoms. The molecule has 0 radical (unpaired) electrons. The Labute approximate surface area is 147 Å². The van der Waals surface area contributed by atoms with Gasteiger partial charge in [-0.05, 0) is 40.8 Å². The maximum Gasteiger partial charge on any atom is 0.303 e. The monoisotopic (exact) mass is 332 g/mol. The summed E-state index contributed by atoms with van der Waals surface area (Å²) in [6.45, 7) is 0.546. The molecule has 0 atom stereocenters. The van der Waals surface area contributed by atoms with Crippen molar-refractivity contribution in [1.82, 2.24) is 0 Å². The lowest BCUT2D eigenvalue weighted by molar-refractivity contribution is -0.136. The van der Waals surface area contributed by atoms with Crippen molar-refractivity contribution in [3.8, 4) is 16.9 Å². The van der Waals surface area contributed by atoms with Crippen molar-refractivity contribution < 1.29 is 14.6 Å². The van der Waals surface area contributed by atoms with Crippen LogP contribution < -0.4 is 4.74 Å². The molecule has 3 nitrogen and oxygen atoms in total. The molecular weight excluding hydrogens is 312 g/mol. The van der Waals surface area contributed by atoms with Crippen molar-refractivity contribution >= 4 is 5.97 Å². The molecule has 0 bridgehead atoms. The van der Waals surface area contributed by atoms with E-state index >= 15 is 0 Å². The van der Waals surface area contributed by atoms with E-state index in [2.05, 4.69) is 0 Å². The molecule has 0 aliphatic carbocycles. The molecule has 0 aromatic heterocycles. The van der Waals surface area contributed by atoms with Crippen LogP contribution in [0.1, 0.15) is 17.5 Å². The summed E-state index contributed by atoms with van der Waals surface area (Å²) in [6.07, 6.45) is 0.692. The summed E-state index contributed by atoms with van der Waals surface area (Å²) in [7, 11) is 0. The van der Waals surface area contributed by atoms with Crippen molar-refractivity contribution in [2.75, 3.05) is 0 Å². The van der Waals surface area contributed by atoms with Gasteiger partial charge in [-0.1, -0.05) is 66.7 Å². The first kappa shape index (κ1) is 16.8.